The van der Waals surface area contributed by atoms with Gasteiger partial charge >= 0.3 is 6.09 Å². The molecule has 0 aromatic carbocycles. The van der Waals surface area contributed by atoms with Crippen LogP contribution in [0.1, 0.15) is 42.9 Å². The maximum Gasteiger partial charge on any atom is 0.409 e. The molecule has 0 unspecified atom stereocenters. The number of carbonyl (C=O) groups excluding carboxylic acids is 3. The number of aromatic nitrogens is 2. The van der Waals surface area contributed by atoms with E-state index in [0.717, 1.165) is 12.1 Å². The first-order chi connectivity index (χ1) is 13.5. The largest absolute Gasteiger partial charge is 0.450 e. The van der Waals surface area contributed by atoms with Gasteiger partial charge in [0.2, 0.25) is 5.91 Å². The van der Waals surface area contributed by atoms with Crippen molar-refractivity contribution in [3.63, 3.8) is 0 Å². The third-order valence-corrected chi connectivity index (χ3v) is 4.53. The van der Waals surface area contributed by atoms with Crippen molar-refractivity contribution in [3.8, 4) is 0 Å². The van der Waals surface area contributed by atoms with Crippen LogP contribution < -0.4 is 0 Å². The number of carbonyl (C=O) groups is 3. The predicted octanol–water partition coefficient (Wildman–Crippen LogP) is 1.33. The summed E-state index contributed by atoms with van der Waals surface area (Å²) in [7, 11) is 0. The maximum absolute atomic E-state index is 12.7. The number of amides is 3. The molecule has 0 bridgehead atoms. The molecule has 28 heavy (non-hydrogen) atoms. The molecule has 2 rings (SSSR count). The zero-order chi connectivity index (χ0) is 20.5. The van der Waals surface area contributed by atoms with Crippen LogP contribution in [0.5, 0.6) is 0 Å². The van der Waals surface area contributed by atoms with Gasteiger partial charge in [0, 0.05) is 51.9 Å². The normalized spacial score (nSPS) is 14.0. The first-order valence-electron chi connectivity index (χ1n) is 9.73. The van der Waals surface area contributed by atoms with Gasteiger partial charge in [0.25, 0.3) is 5.91 Å². The molecule has 1 aromatic rings. The third-order valence-electron chi connectivity index (χ3n) is 4.53. The summed E-state index contributed by atoms with van der Waals surface area (Å²) in [4.78, 5) is 50.2. The average molecular weight is 391 g/mol. The second-order valence-corrected chi connectivity index (χ2v) is 6.65. The van der Waals surface area contributed by atoms with Gasteiger partial charge in [0.05, 0.1) is 18.5 Å². The number of nitrogens with zero attached hydrogens (tertiary/aromatic N) is 5. The van der Waals surface area contributed by atoms with E-state index >= 15 is 0 Å². The fourth-order valence-corrected chi connectivity index (χ4v) is 2.99. The molecule has 0 aliphatic carbocycles. The molecule has 1 aromatic heterocycles. The third kappa shape index (κ3) is 5.90. The second-order valence-electron chi connectivity index (χ2n) is 6.65. The van der Waals surface area contributed by atoms with E-state index < -0.39 is 0 Å². The number of rotatable bonds is 7. The molecule has 9 nitrogen and oxygen atoms in total. The molecule has 0 radical (unpaired) electrons. The van der Waals surface area contributed by atoms with Crippen molar-refractivity contribution in [1.82, 2.24) is 24.7 Å². The SMILES string of the molecule is CCCN(CCC(=O)N1CCN(C(=O)OCC)CC1)C(=O)c1cnc(C)cn1. The molecular weight excluding hydrogens is 362 g/mol. The number of aryl methyl sites for hydroxylation is 1. The molecule has 154 valence electrons. The Bertz CT molecular complexity index is 671. The van der Waals surface area contributed by atoms with E-state index in [1.54, 1.807) is 27.8 Å². The van der Waals surface area contributed by atoms with Crippen LogP contribution in [0.15, 0.2) is 12.4 Å². The van der Waals surface area contributed by atoms with Gasteiger partial charge < -0.3 is 19.4 Å². The van der Waals surface area contributed by atoms with Crippen molar-refractivity contribution in [2.45, 2.75) is 33.6 Å². The zero-order valence-electron chi connectivity index (χ0n) is 16.9. The molecule has 1 aliphatic heterocycles. The summed E-state index contributed by atoms with van der Waals surface area (Å²) in [6.07, 6.45) is 3.72. The van der Waals surface area contributed by atoms with Crippen LogP contribution in [0.4, 0.5) is 4.79 Å². The molecule has 1 fully saturated rings. The summed E-state index contributed by atoms with van der Waals surface area (Å²) in [5, 5.41) is 0. The fourth-order valence-electron chi connectivity index (χ4n) is 2.99. The maximum atomic E-state index is 12.7. The van der Waals surface area contributed by atoms with E-state index in [4.69, 9.17) is 4.74 Å². The van der Waals surface area contributed by atoms with Gasteiger partial charge in [0.15, 0.2) is 0 Å². The van der Waals surface area contributed by atoms with Gasteiger partial charge in [-0.25, -0.2) is 9.78 Å². The topological polar surface area (TPSA) is 95.9 Å². The van der Waals surface area contributed by atoms with Crippen LogP contribution in [-0.2, 0) is 9.53 Å². The van der Waals surface area contributed by atoms with Crippen molar-refractivity contribution in [2.75, 3.05) is 45.9 Å². The average Bonchev–Trinajstić information content (AvgIpc) is 2.71. The molecular formula is C19H29N5O4. The lowest BCUT2D eigenvalue weighted by Crippen LogP contribution is -2.51. The van der Waals surface area contributed by atoms with E-state index in [2.05, 4.69) is 9.97 Å². The second kappa shape index (κ2) is 10.6. The highest BCUT2D eigenvalue weighted by molar-refractivity contribution is 5.92. The Morgan fingerprint density at radius 2 is 1.71 bits per heavy atom. The van der Waals surface area contributed by atoms with E-state index in [9.17, 15) is 14.4 Å². The lowest BCUT2D eigenvalue weighted by Gasteiger charge is -2.34. The van der Waals surface area contributed by atoms with Gasteiger partial charge in [-0.05, 0) is 20.3 Å². The first kappa shape index (κ1) is 21.6. The van der Waals surface area contributed by atoms with E-state index in [0.29, 0.717) is 45.9 Å². The lowest BCUT2D eigenvalue weighted by atomic mass is 10.2. The van der Waals surface area contributed by atoms with Crippen molar-refractivity contribution in [3.05, 3.63) is 23.8 Å². The van der Waals surface area contributed by atoms with Crippen molar-refractivity contribution in [1.29, 1.82) is 0 Å². The predicted molar refractivity (Wildman–Crippen MR) is 103 cm³/mol. The highest BCUT2D eigenvalue weighted by Crippen LogP contribution is 2.08. The Balaban J connectivity index is 1.86. The number of hydrogen-bond acceptors (Lipinski definition) is 6. The highest BCUT2D eigenvalue weighted by atomic mass is 16.6. The molecule has 0 N–H and O–H groups in total. The minimum atomic E-state index is -0.339. The Kier molecular flexibility index (Phi) is 8.16. The summed E-state index contributed by atoms with van der Waals surface area (Å²) in [6.45, 7) is 8.65. The Labute approximate surface area is 165 Å². The van der Waals surface area contributed by atoms with Crippen LogP contribution >= 0.6 is 0 Å². The van der Waals surface area contributed by atoms with Gasteiger partial charge in [-0.15, -0.1) is 0 Å². The molecule has 1 saturated heterocycles. The minimum Gasteiger partial charge on any atom is -0.450 e. The summed E-state index contributed by atoms with van der Waals surface area (Å²) in [6, 6.07) is 0. The lowest BCUT2D eigenvalue weighted by molar-refractivity contribution is -0.133. The van der Waals surface area contributed by atoms with E-state index in [-0.39, 0.29) is 30.0 Å². The van der Waals surface area contributed by atoms with Crippen LogP contribution in [0.2, 0.25) is 0 Å². The van der Waals surface area contributed by atoms with Crippen molar-refractivity contribution in [2.24, 2.45) is 0 Å². The summed E-state index contributed by atoms with van der Waals surface area (Å²) in [5.74, 6) is -0.235. The molecule has 1 aliphatic rings. The number of ether oxygens (including phenoxy) is 1. The summed E-state index contributed by atoms with van der Waals surface area (Å²) in [5.41, 5.74) is 1.03. The van der Waals surface area contributed by atoms with Gasteiger partial charge in [-0.2, -0.15) is 0 Å². The molecule has 0 atom stereocenters. The van der Waals surface area contributed by atoms with Crippen LogP contribution in [-0.4, -0.2) is 88.5 Å². The van der Waals surface area contributed by atoms with Crippen LogP contribution in [0, 0.1) is 6.92 Å². The van der Waals surface area contributed by atoms with Crippen molar-refractivity contribution < 1.29 is 19.1 Å². The summed E-state index contributed by atoms with van der Waals surface area (Å²) >= 11 is 0. The number of piperazine rings is 1. The van der Waals surface area contributed by atoms with Gasteiger partial charge in [-0.3, -0.25) is 14.6 Å². The van der Waals surface area contributed by atoms with Crippen molar-refractivity contribution >= 4 is 17.9 Å². The Hall–Kier alpha value is -2.71. The minimum absolute atomic E-state index is 0.0209. The van der Waals surface area contributed by atoms with E-state index in [1.165, 1.54) is 6.20 Å². The van der Waals surface area contributed by atoms with Gasteiger partial charge in [0.1, 0.15) is 5.69 Å². The van der Waals surface area contributed by atoms with Crippen LogP contribution in [0.3, 0.4) is 0 Å². The van der Waals surface area contributed by atoms with Gasteiger partial charge in [-0.1, -0.05) is 6.92 Å². The zero-order valence-corrected chi connectivity index (χ0v) is 16.9. The van der Waals surface area contributed by atoms with E-state index in [1.807, 2.05) is 13.8 Å². The van der Waals surface area contributed by atoms with Crippen LogP contribution in [0.25, 0.3) is 0 Å². The fraction of sp³-hybridized carbons (Fsp3) is 0.632. The molecule has 0 saturated carbocycles. The Morgan fingerprint density at radius 3 is 2.29 bits per heavy atom. The monoisotopic (exact) mass is 391 g/mol. The molecule has 2 heterocycles. The number of hydrogen-bond donors (Lipinski definition) is 0. The molecule has 3 amide bonds. The molecule has 0 spiro atoms. The smallest absolute Gasteiger partial charge is 0.409 e. The first-order valence-corrected chi connectivity index (χ1v) is 9.73. The Morgan fingerprint density at radius 1 is 1.04 bits per heavy atom. The highest BCUT2D eigenvalue weighted by Gasteiger charge is 2.25. The quantitative estimate of drug-likeness (QED) is 0.696. The molecule has 9 heteroatoms. The summed E-state index contributed by atoms with van der Waals surface area (Å²) < 4.78 is 4.99. The standard InChI is InChI=1S/C19H29N5O4/c1-4-7-23(18(26)16-14-20-15(3)13-21-16)8-6-17(25)22-9-11-24(12-10-22)19(27)28-5-2/h13-14H,4-12H2,1-3H3.